The lowest BCUT2D eigenvalue weighted by Gasteiger charge is -2.19. The quantitative estimate of drug-likeness (QED) is 0.722. The molecule has 14 heavy (non-hydrogen) atoms. The average molecular weight is 189 g/mol. The number of fused-ring (bicyclic) bond motifs is 2. The summed E-state index contributed by atoms with van der Waals surface area (Å²) in [7, 11) is 1.97. The van der Waals surface area contributed by atoms with Crippen molar-refractivity contribution in [2.24, 2.45) is 7.05 Å². The van der Waals surface area contributed by atoms with Crippen LogP contribution in [0, 0.1) is 0 Å². The van der Waals surface area contributed by atoms with Crippen LogP contribution in [0.4, 0.5) is 0 Å². The highest BCUT2D eigenvalue weighted by Crippen LogP contribution is 2.30. The van der Waals surface area contributed by atoms with Gasteiger partial charge in [0.25, 0.3) is 0 Å². The third-order valence-electron chi connectivity index (χ3n) is 3.19. The molecule has 3 heterocycles. The van der Waals surface area contributed by atoms with Crippen LogP contribution in [-0.4, -0.2) is 21.9 Å². The molecule has 1 N–H and O–H groups in total. The fraction of sp³-hybridized carbons (Fsp3) is 0.545. The number of nitrogens with zero attached hydrogens (tertiary/aromatic N) is 2. The van der Waals surface area contributed by atoms with E-state index in [1.54, 1.807) is 0 Å². The van der Waals surface area contributed by atoms with E-state index < -0.39 is 0 Å². The minimum absolute atomic E-state index is 0.603. The van der Waals surface area contributed by atoms with Crippen LogP contribution in [0.5, 0.6) is 0 Å². The molecule has 1 aromatic rings. The van der Waals surface area contributed by atoms with E-state index >= 15 is 0 Å². The molecule has 2 aliphatic rings. The van der Waals surface area contributed by atoms with Crippen LogP contribution < -0.4 is 5.32 Å². The summed E-state index contributed by atoms with van der Waals surface area (Å²) in [5, 5.41) is 8.04. The van der Waals surface area contributed by atoms with Gasteiger partial charge in [0.2, 0.25) is 0 Å². The van der Waals surface area contributed by atoms with E-state index in [2.05, 4.69) is 22.6 Å². The Labute approximate surface area is 83.8 Å². The maximum absolute atomic E-state index is 4.45. The normalized spacial score (nSPS) is 30.5. The molecule has 74 valence electrons. The Kier molecular flexibility index (Phi) is 1.74. The molecule has 3 heteroatoms. The van der Waals surface area contributed by atoms with Crippen molar-refractivity contribution in [2.45, 2.75) is 31.3 Å². The van der Waals surface area contributed by atoms with Crippen LogP contribution in [0.2, 0.25) is 0 Å². The fourth-order valence-corrected chi connectivity index (χ4v) is 2.50. The summed E-state index contributed by atoms with van der Waals surface area (Å²) in [5.41, 5.74) is 2.59. The van der Waals surface area contributed by atoms with Gasteiger partial charge in [-0.15, -0.1) is 0 Å². The van der Waals surface area contributed by atoms with Crippen molar-refractivity contribution in [1.82, 2.24) is 15.1 Å². The summed E-state index contributed by atoms with van der Waals surface area (Å²) in [6.07, 6.45) is 8.12. The van der Waals surface area contributed by atoms with Crippen molar-refractivity contribution in [3.63, 3.8) is 0 Å². The highest BCUT2D eigenvalue weighted by atomic mass is 15.2. The fourth-order valence-electron chi connectivity index (χ4n) is 2.50. The van der Waals surface area contributed by atoms with Crippen LogP contribution in [0.1, 0.15) is 25.0 Å². The molecular weight excluding hydrogens is 174 g/mol. The Hall–Kier alpha value is -1.09. The molecule has 0 aliphatic carbocycles. The summed E-state index contributed by atoms with van der Waals surface area (Å²) in [5.74, 6) is 0. The zero-order chi connectivity index (χ0) is 9.54. The zero-order valence-corrected chi connectivity index (χ0v) is 8.40. The predicted molar refractivity (Wildman–Crippen MR) is 55.7 cm³/mol. The third kappa shape index (κ3) is 1.28. The van der Waals surface area contributed by atoms with E-state index in [1.165, 1.54) is 18.4 Å². The maximum Gasteiger partial charge on any atom is 0.0880 e. The Bertz CT molecular complexity index is 378. The number of aryl methyl sites for hydroxylation is 1. The van der Waals surface area contributed by atoms with Crippen LogP contribution in [0.25, 0.3) is 5.57 Å². The first kappa shape index (κ1) is 8.24. The van der Waals surface area contributed by atoms with Crippen molar-refractivity contribution in [3.05, 3.63) is 24.0 Å². The number of hydrogen-bond acceptors (Lipinski definition) is 2. The lowest BCUT2D eigenvalue weighted by molar-refractivity contribution is 0.573. The van der Waals surface area contributed by atoms with Crippen LogP contribution >= 0.6 is 0 Å². The zero-order valence-electron chi connectivity index (χ0n) is 8.40. The summed E-state index contributed by atoms with van der Waals surface area (Å²) in [4.78, 5) is 0. The molecular formula is C11H15N3. The van der Waals surface area contributed by atoms with E-state index in [0.717, 1.165) is 12.1 Å². The number of hydrogen-bond donors (Lipinski definition) is 1. The van der Waals surface area contributed by atoms with Crippen molar-refractivity contribution in [2.75, 3.05) is 0 Å². The first-order valence-electron chi connectivity index (χ1n) is 5.28. The Morgan fingerprint density at radius 1 is 1.50 bits per heavy atom. The SMILES string of the molecule is Cn1ccc(C2=CC3CCC(C2)N3)n1. The first-order chi connectivity index (χ1) is 6.81. The molecule has 1 aromatic heterocycles. The molecule has 2 unspecified atom stereocenters. The summed E-state index contributed by atoms with van der Waals surface area (Å²) in [6, 6.07) is 3.41. The van der Waals surface area contributed by atoms with E-state index in [9.17, 15) is 0 Å². The van der Waals surface area contributed by atoms with Gasteiger partial charge >= 0.3 is 0 Å². The lowest BCUT2D eigenvalue weighted by Crippen LogP contribution is -2.32. The van der Waals surface area contributed by atoms with Crippen molar-refractivity contribution < 1.29 is 0 Å². The van der Waals surface area contributed by atoms with Gasteiger partial charge in [0.1, 0.15) is 0 Å². The molecule has 2 aliphatic heterocycles. The van der Waals surface area contributed by atoms with Gasteiger partial charge in [-0.2, -0.15) is 5.10 Å². The van der Waals surface area contributed by atoms with E-state index in [0.29, 0.717) is 12.1 Å². The molecule has 1 saturated heterocycles. The van der Waals surface area contributed by atoms with Gasteiger partial charge in [-0.25, -0.2) is 0 Å². The van der Waals surface area contributed by atoms with Crippen LogP contribution in [-0.2, 0) is 7.05 Å². The summed E-state index contributed by atoms with van der Waals surface area (Å²) in [6.45, 7) is 0. The first-order valence-corrected chi connectivity index (χ1v) is 5.28. The van der Waals surface area contributed by atoms with E-state index in [1.807, 2.05) is 17.9 Å². The number of rotatable bonds is 1. The molecule has 0 spiro atoms. The third-order valence-corrected chi connectivity index (χ3v) is 3.19. The minimum atomic E-state index is 0.603. The van der Waals surface area contributed by atoms with Crippen molar-refractivity contribution >= 4 is 5.57 Å². The van der Waals surface area contributed by atoms with Gasteiger partial charge in [0.15, 0.2) is 0 Å². The molecule has 0 saturated carbocycles. The molecule has 1 fully saturated rings. The summed E-state index contributed by atoms with van der Waals surface area (Å²) >= 11 is 0. The van der Waals surface area contributed by atoms with Crippen LogP contribution in [0.15, 0.2) is 18.3 Å². The highest BCUT2D eigenvalue weighted by molar-refractivity contribution is 5.65. The monoisotopic (exact) mass is 189 g/mol. The second-order valence-corrected chi connectivity index (χ2v) is 4.32. The van der Waals surface area contributed by atoms with E-state index in [4.69, 9.17) is 0 Å². The summed E-state index contributed by atoms with van der Waals surface area (Å²) < 4.78 is 1.88. The lowest BCUT2D eigenvalue weighted by atomic mass is 10.0. The largest absolute Gasteiger partial charge is 0.307 e. The highest BCUT2D eigenvalue weighted by Gasteiger charge is 2.28. The van der Waals surface area contributed by atoms with Crippen molar-refractivity contribution in [3.8, 4) is 0 Å². The topological polar surface area (TPSA) is 29.9 Å². The van der Waals surface area contributed by atoms with Gasteiger partial charge < -0.3 is 5.32 Å². The predicted octanol–water partition coefficient (Wildman–Crippen LogP) is 1.33. The molecule has 2 atom stereocenters. The smallest absolute Gasteiger partial charge is 0.0880 e. The van der Waals surface area contributed by atoms with Gasteiger partial charge in [0.05, 0.1) is 5.69 Å². The second kappa shape index (κ2) is 2.95. The van der Waals surface area contributed by atoms with Gasteiger partial charge in [-0.3, -0.25) is 4.68 Å². The van der Waals surface area contributed by atoms with Gasteiger partial charge in [0, 0.05) is 25.3 Å². The molecule has 2 bridgehead atoms. The van der Waals surface area contributed by atoms with E-state index in [-0.39, 0.29) is 0 Å². The minimum Gasteiger partial charge on any atom is -0.307 e. The molecule has 0 radical (unpaired) electrons. The number of aromatic nitrogens is 2. The maximum atomic E-state index is 4.45. The van der Waals surface area contributed by atoms with Gasteiger partial charge in [-0.05, 0) is 30.9 Å². The Morgan fingerprint density at radius 3 is 3.14 bits per heavy atom. The Balaban J connectivity index is 1.92. The van der Waals surface area contributed by atoms with Crippen molar-refractivity contribution in [1.29, 1.82) is 0 Å². The second-order valence-electron chi connectivity index (χ2n) is 4.32. The number of nitrogens with one attached hydrogen (secondary N) is 1. The van der Waals surface area contributed by atoms with Crippen LogP contribution in [0.3, 0.4) is 0 Å². The molecule has 3 rings (SSSR count). The van der Waals surface area contributed by atoms with Gasteiger partial charge in [-0.1, -0.05) is 6.08 Å². The molecule has 0 aromatic carbocycles. The molecule has 0 amide bonds. The Morgan fingerprint density at radius 2 is 2.43 bits per heavy atom. The molecule has 3 nitrogen and oxygen atoms in total. The standard InChI is InChI=1S/C11H15N3/c1-14-5-4-11(13-14)8-6-9-2-3-10(7-8)12-9/h4-6,9-10,12H,2-3,7H2,1H3. The average Bonchev–Trinajstić information content (AvgIpc) is 2.73.